The van der Waals surface area contributed by atoms with Crippen LogP contribution in [0.1, 0.15) is 44.6 Å². The van der Waals surface area contributed by atoms with Crippen LogP contribution in [-0.4, -0.2) is 18.0 Å². The van der Waals surface area contributed by atoms with Crippen LogP contribution in [0, 0.1) is 6.92 Å². The number of rotatable bonds is 4. The van der Waals surface area contributed by atoms with Crippen LogP contribution in [-0.2, 0) is 4.79 Å². The van der Waals surface area contributed by atoms with Crippen LogP contribution in [0.3, 0.4) is 0 Å². The van der Waals surface area contributed by atoms with Crippen molar-refractivity contribution >= 4 is 27.5 Å². The summed E-state index contributed by atoms with van der Waals surface area (Å²) >= 11 is 3.45. The van der Waals surface area contributed by atoms with E-state index in [1.807, 2.05) is 32.0 Å². The van der Waals surface area contributed by atoms with Gasteiger partial charge in [-0.25, -0.2) is 0 Å². The Balaban J connectivity index is 1.89. The minimum Gasteiger partial charge on any atom is -0.374 e. The topological polar surface area (TPSA) is 41.1 Å². The Labute approximate surface area is 129 Å². The number of carbonyl (C=O) groups excluding carboxylic acids is 1. The first-order valence-corrected chi connectivity index (χ1v) is 8.18. The van der Waals surface area contributed by atoms with Gasteiger partial charge in [0.2, 0.25) is 5.91 Å². The van der Waals surface area contributed by atoms with Gasteiger partial charge in [0.25, 0.3) is 0 Å². The predicted molar refractivity (Wildman–Crippen MR) is 87.0 cm³/mol. The molecule has 0 aliphatic heterocycles. The van der Waals surface area contributed by atoms with E-state index < -0.39 is 0 Å². The lowest BCUT2D eigenvalue weighted by atomic mass is 9.95. The van der Waals surface area contributed by atoms with Gasteiger partial charge in [-0.3, -0.25) is 4.79 Å². The van der Waals surface area contributed by atoms with E-state index in [0.717, 1.165) is 28.6 Å². The maximum atomic E-state index is 12.2. The van der Waals surface area contributed by atoms with Crippen LogP contribution < -0.4 is 10.6 Å². The highest BCUT2D eigenvalue weighted by Crippen LogP contribution is 2.21. The van der Waals surface area contributed by atoms with Gasteiger partial charge in [0, 0.05) is 16.2 Å². The van der Waals surface area contributed by atoms with Crippen molar-refractivity contribution in [2.24, 2.45) is 0 Å². The van der Waals surface area contributed by atoms with Crippen molar-refractivity contribution in [3.63, 3.8) is 0 Å². The second kappa shape index (κ2) is 7.11. The highest BCUT2D eigenvalue weighted by atomic mass is 79.9. The average molecular weight is 339 g/mol. The normalized spacial score (nSPS) is 17.6. The average Bonchev–Trinajstić information content (AvgIpc) is 2.43. The van der Waals surface area contributed by atoms with Crippen molar-refractivity contribution in [2.45, 2.75) is 58.0 Å². The van der Waals surface area contributed by atoms with E-state index in [2.05, 4.69) is 26.6 Å². The highest BCUT2D eigenvalue weighted by Gasteiger charge is 2.19. The van der Waals surface area contributed by atoms with Crippen LogP contribution >= 0.6 is 15.9 Å². The molecule has 0 saturated heterocycles. The Morgan fingerprint density at radius 3 is 2.65 bits per heavy atom. The van der Waals surface area contributed by atoms with Gasteiger partial charge in [0.1, 0.15) is 6.04 Å². The Morgan fingerprint density at radius 1 is 1.30 bits per heavy atom. The zero-order valence-corrected chi connectivity index (χ0v) is 13.8. The first-order chi connectivity index (χ1) is 9.56. The molecular formula is C16H23BrN2O. The molecule has 1 aliphatic carbocycles. The van der Waals surface area contributed by atoms with Crippen LogP contribution in [0.5, 0.6) is 0 Å². The number of halogens is 1. The minimum absolute atomic E-state index is 0.0965. The number of carbonyl (C=O) groups is 1. The highest BCUT2D eigenvalue weighted by molar-refractivity contribution is 9.10. The van der Waals surface area contributed by atoms with Crippen molar-refractivity contribution in [2.75, 3.05) is 5.32 Å². The maximum Gasteiger partial charge on any atom is 0.242 e. The molecule has 1 aliphatic rings. The predicted octanol–water partition coefficient (Wildman–Crippen LogP) is 4.01. The summed E-state index contributed by atoms with van der Waals surface area (Å²) in [5, 5.41) is 6.45. The molecule has 0 aromatic heterocycles. The fourth-order valence-corrected chi connectivity index (χ4v) is 3.14. The molecule has 1 saturated carbocycles. The fourth-order valence-electron chi connectivity index (χ4n) is 2.66. The van der Waals surface area contributed by atoms with Crippen LogP contribution in [0.2, 0.25) is 0 Å². The third kappa shape index (κ3) is 4.23. The molecule has 1 aromatic carbocycles. The Kier molecular flexibility index (Phi) is 5.46. The zero-order chi connectivity index (χ0) is 14.5. The van der Waals surface area contributed by atoms with Crippen molar-refractivity contribution in [1.29, 1.82) is 0 Å². The van der Waals surface area contributed by atoms with Gasteiger partial charge < -0.3 is 10.6 Å². The summed E-state index contributed by atoms with van der Waals surface area (Å²) in [6.07, 6.45) is 6.01. The van der Waals surface area contributed by atoms with Gasteiger partial charge >= 0.3 is 0 Å². The lowest BCUT2D eigenvalue weighted by Crippen LogP contribution is -2.44. The SMILES string of the molecule is Cc1cc(Br)ccc1NC(C)C(=O)NC1CCCCC1. The van der Waals surface area contributed by atoms with Gasteiger partial charge in [-0.1, -0.05) is 35.2 Å². The van der Waals surface area contributed by atoms with E-state index in [4.69, 9.17) is 0 Å². The number of benzene rings is 1. The van der Waals surface area contributed by atoms with Crippen molar-refractivity contribution in [1.82, 2.24) is 5.32 Å². The number of hydrogen-bond donors (Lipinski definition) is 2. The van der Waals surface area contributed by atoms with Gasteiger partial charge in [-0.15, -0.1) is 0 Å². The molecule has 1 amide bonds. The smallest absolute Gasteiger partial charge is 0.242 e. The number of amides is 1. The van der Waals surface area contributed by atoms with E-state index in [-0.39, 0.29) is 11.9 Å². The standard InChI is InChI=1S/C16H23BrN2O/c1-11-10-13(17)8-9-15(11)18-12(2)16(20)19-14-6-4-3-5-7-14/h8-10,12,14,18H,3-7H2,1-2H3,(H,19,20). The zero-order valence-electron chi connectivity index (χ0n) is 12.2. The van der Waals surface area contributed by atoms with E-state index in [0.29, 0.717) is 6.04 Å². The maximum absolute atomic E-state index is 12.2. The summed E-state index contributed by atoms with van der Waals surface area (Å²) in [6, 6.07) is 6.20. The lowest BCUT2D eigenvalue weighted by molar-refractivity contribution is -0.122. The number of nitrogens with one attached hydrogen (secondary N) is 2. The summed E-state index contributed by atoms with van der Waals surface area (Å²) in [5.74, 6) is 0.0965. The lowest BCUT2D eigenvalue weighted by Gasteiger charge is -2.25. The molecule has 2 N–H and O–H groups in total. The summed E-state index contributed by atoms with van der Waals surface area (Å²) < 4.78 is 1.06. The number of hydrogen-bond acceptors (Lipinski definition) is 2. The van der Waals surface area contributed by atoms with E-state index in [1.165, 1.54) is 19.3 Å². The number of anilines is 1. The molecule has 3 nitrogen and oxygen atoms in total. The third-order valence-electron chi connectivity index (χ3n) is 3.91. The molecule has 1 unspecified atom stereocenters. The minimum atomic E-state index is -0.211. The Morgan fingerprint density at radius 2 is 2.00 bits per heavy atom. The molecule has 1 aromatic rings. The van der Waals surface area contributed by atoms with Crippen LogP contribution in [0.15, 0.2) is 22.7 Å². The Bertz CT molecular complexity index is 470. The van der Waals surface area contributed by atoms with Gasteiger partial charge in [0.15, 0.2) is 0 Å². The summed E-state index contributed by atoms with van der Waals surface area (Å²) in [5.41, 5.74) is 2.15. The van der Waals surface area contributed by atoms with Gasteiger partial charge in [-0.05, 0) is 50.5 Å². The first-order valence-electron chi connectivity index (χ1n) is 7.39. The molecule has 1 atom stereocenters. The van der Waals surface area contributed by atoms with E-state index in [9.17, 15) is 4.79 Å². The third-order valence-corrected chi connectivity index (χ3v) is 4.40. The second-order valence-electron chi connectivity index (χ2n) is 5.67. The Hall–Kier alpha value is -1.03. The summed E-state index contributed by atoms with van der Waals surface area (Å²) in [7, 11) is 0. The molecule has 0 bridgehead atoms. The van der Waals surface area contributed by atoms with Crippen molar-refractivity contribution in [3.8, 4) is 0 Å². The molecule has 20 heavy (non-hydrogen) atoms. The van der Waals surface area contributed by atoms with Crippen molar-refractivity contribution < 1.29 is 4.79 Å². The number of aryl methyl sites for hydroxylation is 1. The fraction of sp³-hybridized carbons (Fsp3) is 0.562. The molecule has 2 rings (SSSR count). The van der Waals surface area contributed by atoms with E-state index in [1.54, 1.807) is 0 Å². The summed E-state index contributed by atoms with van der Waals surface area (Å²) in [4.78, 5) is 12.2. The quantitative estimate of drug-likeness (QED) is 0.870. The largest absolute Gasteiger partial charge is 0.374 e. The van der Waals surface area contributed by atoms with Gasteiger partial charge in [-0.2, -0.15) is 0 Å². The molecule has 0 radical (unpaired) electrons. The van der Waals surface area contributed by atoms with Gasteiger partial charge in [0.05, 0.1) is 0 Å². The molecule has 110 valence electrons. The van der Waals surface area contributed by atoms with Crippen molar-refractivity contribution in [3.05, 3.63) is 28.2 Å². The second-order valence-corrected chi connectivity index (χ2v) is 6.58. The molecule has 4 heteroatoms. The summed E-state index contributed by atoms with van der Waals surface area (Å²) in [6.45, 7) is 3.96. The molecule has 1 fully saturated rings. The monoisotopic (exact) mass is 338 g/mol. The van der Waals surface area contributed by atoms with Crippen LogP contribution in [0.4, 0.5) is 5.69 Å². The van der Waals surface area contributed by atoms with Crippen LogP contribution in [0.25, 0.3) is 0 Å². The molecule has 0 heterocycles. The first kappa shape index (κ1) is 15.4. The molecular weight excluding hydrogens is 316 g/mol. The molecule has 0 spiro atoms. The van der Waals surface area contributed by atoms with E-state index >= 15 is 0 Å².